The zero-order valence-electron chi connectivity index (χ0n) is 11.2. The summed E-state index contributed by atoms with van der Waals surface area (Å²) in [5.41, 5.74) is 5.91. The molecule has 0 aromatic rings. The molecule has 0 heterocycles. The molecule has 1 saturated carbocycles. The lowest BCUT2D eigenvalue weighted by Gasteiger charge is -2.19. The number of rotatable bonds is 9. The molecule has 1 atom stereocenters. The molecule has 17 heavy (non-hydrogen) atoms. The van der Waals surface area contributed by atoms with E-state index in [-0.39, 0.29) is 11.9 Å². The van der Waals surface area contributed by atoms with Gasteiger partial charge in [-0.05, 0) is 38.3 Å². The first-order chi connectivity index (χ1) is 8.17. The molecule has 4 heteroatoms. The van der Waals surface area contributed by atoms with Crippen molar-refractivity contribution in [1.29, 1.82) is 0 Å². The van der Waals surface area contributed by atoms with Gasteiger partial charge in [-0.15, -0.1) is 0 Å². The molecule has 0 bridgehead atoms. The van der Waals surface area contributed by atoms with E-state index in [1.807, 2.05) is 0 Å². The second kappa shape index (κ2) is 7.67. The summed E-state index contributed by atoms with van der Waals surface area (Å²) in [6.07, 6.45) is 4.06. The van der Waals surface area contributed by atoms with Crippen LogP contribution in [0.2, 0.25) is 0 Å². The van der Waals surface area contributed by atoms with Gasteiger partial charge in [-0.1, -0.05) is 13.8 Å². The standard InChI is InChI=1S/C13H27N3O/c1-3-8-16(4-2)9-7-15-13(17)10-12(14)11-5-6-11/h11-12H,3-10,14H2,1-2H3,(H,15,17). The number of carbonyl (C=O) groups excluding carboxylic acids is 1. The van der Waals surface area contributed by atoms with Gasteiger partial charge < -0.3 is 16.0 Å². The smallest absolute Gasteiger partial charge is 0.221 e. The van der Waals surface area contributed by atoms with Crippen LogP contribution < -0.4 is 11.1 Å². The van der Waals surface area contributed by atoms with E-state index in [4.69, 9.17) is 5.73 Å². The van der Waals surface area contributed by atoms with Crippen molar-refractivity contribution in [3.8, 4) is 0 Å². The van der Waals surface area contributed by atoms with Crippen molar-refractivity contribution in [1.82, 2.24) is 10.2 Å². The first-order valence-electron chi connectivity index (χ1n) is 6.92. The van der Waals surface area contributed by atoms with Crippen molar-refractivity contribution in [2.45, 2.75) is 45.6 Å². The van der Waals surface area contributed by atoms with Crippen molar-refractivity contribution in [2.75, 3.05) is 26.2 Å². The first kappa shape index (κ1) is 14.5. The monoisotopic (exact) mass is 241 g/mol. The van der Waals surface area contributed by atoms with Gasteiger partial charge in [-0.25, -0.2) is 0 Å². The van der Waals surface area contributed by atoms with Gasteiger partial charge in [0.05, 0.1) is 0 Å². The quantitative estimate of drug-likeness (QED) is 0.632. The number of hydrogen-bond acceptors (Lipinski definition) is 3. The normalized spacial score (nSPS) is 17.2. The molecular weight excluding hydrogens is 214 g/mol. The molecule has 1 fully saturated rings. The van der Waals surface area contributed by atoms with Crippen LogP contribution in [0.5, 0.6) is 0 Å². The Morgan fingerprint density at radius 1 is 1.41 bits per heavy atom. The molecule has 0 aliphatic heterocycles. The second-order valence-corrected chi connectivity index (χ2v) is 4.99. The van der Waals surface area contributed by atoms with E-state index in [0.29, 0.717) is 12.3 Å². The van der Waals surface area contributed by atoms with Crippen molar-refractivity contribution in [3.05, 3.63) is 0 Å². The van der Waals surface area contributed by atoms with Crippen LogP contribution in [0.15, 0.2) is 0 Å². The topological polar surface area (TPSA) is 58.4 Å². The summed E-state index contributed by atoms with van der Waals surface area (Å²) in [5.74, 6) is 0.713. The Balaban J connectivity index is 2.05. The molecule has 3 N–H and O–H groups in total. The van der Waals surface area contributed by atoms with E-state index in [2.05, 4.69) is 24.1 Å². The Bertz CT molecular complexity index is 229. The molecule has 0 spiro atoms. The number of amides is 1. The van der Waals surface area contributed by atoms with Gasteiger partial charge in [0.25, 0.3) is 0 Å². The lowest BCUT2D eigenvalue weighted by Crippen LogP contribution is -2.38. The molecule has 0 radical (unpaired) electrons. The highest BCUT2D eigenvalue weighted by molar-refractivity contribution is 5.76. The summed E-state index contributed by atoms with van der Waals surface area (Å²) in [5, 5.41) is 2.96. The zero-order chi connectivity index (χ0) is 12.7. The first-order valence-corrected chi connectivity index (χ1v) is 6.92. The molecular formula is C13H27N3O. The van der Waals surface area contributed by atoms with Crippen molar-refractivity contribution in [3.63, 3.8) is 0 Å². The maximum Gasteiger partial charge on any atom is 0.221 e. The largest absolute Gasteiger partial charge is 0.355 e. The number of likely N-dealkylation sites (N-methyl/N-ethyl adjacent to an activating group) is 1. The molecule has 0 aromatic carbocycles. The molecule has 0 saturated heterocycles. The van der Waals surface area contributed by atoms with Crippen LogP contribution in [-0.2, 0) is 4.79 Å². The Morgan fingerprint density at radius 2 is 2.12 bits per heavy atom. The molecule has 0 aromatic heterocycles. The van der Waals surface area contributed by atoms with Crippen LogP contribution in [-0.4, -0.2) is 43.0 Å². The minimum atomic E-state index is 0.0768. The summed E-state index contributed by atoms with van der Waals surface area (Å²) in [4.78, 5) is 14.0. The average molecular weight is 241 g/mol. The zero-order valence-corrected chi connectivity index (χ0v) is 11.2. The van der Waals surface area contributed by atoms with Gasteiger partial charge in [0.2, 0.25) is 5.91 Å². The van der Waals surface area contributed by atoms with E-state index >= 15 is 0 Å². The van der Waals surface area contributed by atoms with Crippen LogP contribution in [0.3, 0.4) is 0 Å². The third-order valence-corrected chi connectivity index (χ3v) is 3.39. The second-order valence-electron chi connectivity index (χ2n) is 4.99. The molecule has 1 aliphatic rings. The fourth-order valence-electron chi connectivity index (χ4n) is 2.07. The summed E-state index contributed by atoms with van der Waals surface area (Å²) < 4.78 is 0. The summed E-state index contributed by atoms with van der Waals surface area (Å²) in [7, 11) is 0. The minimum absolute atomic E-state index is 0.0768. The highest BCUT2D eigenvalue weighted by Crippen LogP contribution is 2.32. The van der Waals surface area contributed by atoms with Crippen LogP contribution >= 0.6 is 0 Å². The highest BCUT2D eigenvalue weighted by atomic mass is 16.1. The third-order valence-electron chi connectivity index (χ3n) is 3.39. The fourth-order valence-corrected chi connectivity index (χ4v) is 2.07. The Labute approximate surface area is 105 Å². The average Bonchev–Trinajstić information content (AvgIpc) is 3.11. The van der Waals surface area contributed by atoms with Crippen LogP contribution in [0, 0.1) is 5.92 Å². The number of carbonyl (C=O) groups is 1. The molecule has 4 nitrogen and oxygen atoms in total. The Kier molecular flexibility index (Phi) is 6.52. The molecule has 100 valence electrons. The van der Waals surface area contributed by atoms with Crippen molar-refractivity contribution in [2.24, 2.45) is 11.7 Å². The van der Waals surface area contributed by atoms with Crippen LogP contribution in [0.1, 0.15) is 39.5 Å². The van der Waals surface area contributed by atoms with Gasteiger partial charge in [0.15, 0.2) is 0 Å². The van der Waals surface area contributed by atoms with Gasteiger partial charge in [-0.2, -0.15) is 0 Å². The van der Waals surface area contributed by atoms with Crippen LogP contribution in [0.4, 0.5) is 0 Å². The van der Waals surface area contributed by atoms with E-state index in [0.717, 1.165) is 32.6 Å². The van der Waals surface area contributed by atoms with Crippen molar-refractivity contribution >= 4 is 5.91 Å². The Hall–Kier alpha value is -0.610. The van der Waals surface area contributed by atoms with E-state index in [9.17, 15) is 4.79 Å². The van der Waals surface area contributed by atoms with Gasteiger partial charge in [0, 0.05) is 25.6 Å². The number of nitrogens with two attached hydrogens (primary N) is 1. The SMILES string of the molecule is CCCN(CC)CCNC(=O)CC(N)C1CC1. The summed E-state index contributed by atoms with van der Waals surface area (Å²) in [6.45, 7) is 8.16. The third kappa shape index (κ3) is 6.03. The highest BCUT2D eigenvalue weighted by Gasteiger charge is 2.29. The lowest BCUT2D eigenvalue weighted by atomic mass is 10.1. The minimum Gasteiger partial charge on any atom is -0.355 e. The van der Waals surface area contributed by atoms with Gasteiger partial charge in [-0.3, -0.25) is 4.79 Å². The number of nitrogens with zero attached hydrogens (tertiary/aromatic N) is 1. The molecule has 1 unspecified atom stereocenters. The number of hydrogen-bond donors (Lipinski definition) is 2. The maximum atomic E-state index is 11.6. The van der Waals surface area contributed by atoms with E-state index in [1.165, 1.54) is 12.8 Å². The summed E-state index contributed by atoms with van der Waals surface area (Å²) >= 11 is 0. The summed E-state index contributed by atoms with van der Waals surface area (Å²) in [6, 6.07) is 0.0768. The van der Waals surface area contributed by atoms with Gasteiger partial charge >= 0.3 is 0 Å². The lowest BCUT2D eigenvalue weighted by molar-refractivity contribution is -0.121. The fraction of sp³-hybridized carbons (Fsp3) is 0.923. The van der Waals surface area contributed by atoms with E-state index < -0.39 is 0 Å². The van der Waals surface area contributed by atoms with E-state index in [1.54, 1.807) is 0 Å². The number of nitrogens with one attached hydrogen (secondary N) is 1. The van der Waals surface area contributed by atoms with Crippen LogP contribution in [0.25, 0.3) is 0 Å². The predicted octanol–water partition coefficient (Wildman–Crippen LogP) is 0.962. The molecule has 1 aliphatic carbocycles. The molecule has 1 rings (SSSR count). The maximum absolute atomic E-state index is 11.6. The van der Waals surface area contributed by atoms with Gasteiger partial charge in [0.1, 0.15) is 0 Å². The Morgan fingerprint density at radius 3 is 2.65 bits per heavy atom. The van der Waals surface area contributed by atoms with Crippen molar-refractivity contribution < 1.29 is 4.79 Å². The predicted molar refractivity (Wildman–Crippen MR) is 70.7 cm³/mol. The molecule has 1 amide bonds.